The van der Waals surface area contributed by atoms with Gasteiger partial charge in [-0.3, -0.25) is 9.69 Å². The van der Waals surface area contributed by atoms with Gasteiger partial charge in [0.15, 0.2) is 0 Å². The van der Waals surface area contributed by atoms with E-state index in [9.17, 15) is 4.79 Å². The fourth-order valence-electron chi connectivity index (χ4n) is 4.85. The van der Waals surface area contributed by atoms with Gasteiger partial charge in [-0.2, -0.15) is 0 Å². The standard InChI is InChI=1S/C21H31N3O/c25-21(20-16-18-8-4-5-9-19(18)22-20)24-14-12-23(13-15-24)11-10-17-6-2-1-3-7-17/h1-3,6-7,18-20,22H,4-5,8-16H2. The zero-order valence-corrected chi connectivity index (χ0v) is 15.2. The maximum atomic E-state index is 12.9. The summed E-state index contributed by atoms with van der Waals surface area (Å²) in [6, 6.07) is 11.4. The molecule has 3 aliphatic rings. The summed E-state index contributed by atoms with van der Waals surface area (Å²) in [5, 5.41) is 3.64. The average Bonchev–Trinajstić information content (AvgIpc) is 3.11. The van der Waals surface area contributed by atoms with Crippen molar-refractivity contribution in [2.75, 3.05) is 32.7 Å². The molecule has 4 rings (SSSR count). The van der Waals surface area contributed by atoms with E-state index in [0.717, 1.165) is 51.5 Å². The number of piperazine rings is 1. The molecule has 3 unspecified atom stereocenters. The Bertz CT molecular complexity index is 554. The SMILES string of the molecule is O=C(C1CC2CCCCC2N1)N1CCN(CCc2ccccc2)CC1. The van der Waals surface area contributed by atoms with Crippen LogP contribution in [0.3, 0.4) is 0 Å². The number of nitrogens with zero attached hydrogens (tertiary/aromatic N) is 2. The first-order valence-electron chi connectivity index (χ1n) is 10.1. The summed E-state index contributed by atoms with van der Waals surface area (Å²) in [5.74, 6) is 1.10. The van der Waals surface area contributed by atoms with Gasteiger partial charge in [0.05, 0.1) is 6.04 Å². The molecular formula is C21H31N3O. The van der Waals surface area contributed by atoms with Crippen LogP contribution in [0.15, 0.2) is 30.3 Å². The maximum Gasteiger partial charge on any atom is 0.239 e. The first kappa shape index (κ1) is 17.0. The van der Waals surface area contributed by atoms with Gasteiger partial charge < -0.3 is 10.2 Å². The van der Waals surface area contributed by atoms with Crippen LogP contribution in [-0.4, -0.2) is 60.5 Å². The largest absolute Gasteiger partial charge is 0.339 e. The number of carbonyl (C=O) groups is 1. The molecule has 0 bridgehead atoms. The molecule has 1 amide bonds. The van der Waals surface area contributed by atoms with E-state index >= 15 is 0 Å². The topological polar surface area (TPSA) is 35.6 Å². The predicted octanol–water partition coefficient (Wildman–Crippen LogP) is 2.29. The molecule has 1 saturated carbocycles. The van der Waals surface area contributed by atoms with Crippen molar-refractivity contribution in [2.45, 2.75) is 50.6 Å². The molecule has 1 aromatic rings. The molecule has 3 atom stereocenters. The third kappa shape index (κ3) is 4.06. The van der Waals surface area contributed by atoms with Crippen LogP contribution < -0.4 is 5.32 Å². The Kier molecular flexibility index (Phi) is 5.37. The second-order valence-electron chi connectivity index (χ2n) is 8.01. The number of benzene rings is 1. The lowest BCUT2D eigenvalue weighted by Gasteiger charge is -2.36. The molecule has 2 aliphatic heterocycles. The summed E-state index contributed by atoms with van der Waals surface area (Å²) in [6.07, 6.45) is 7.43. The zero-order valence-electron chi connectivity index (χ0n) is 15.2. The molecule has 0 radical (unpaired) electrons. The number of nitrogens with one attached hydrogen (secondary N) is 1. The van der Waals surface area contributed by atoms with Crippen molar-refractivity contribution in [3.8, 4) is 0 Å². The van der Waals surface area contributed by atoms with Crippen LogP contribution in [0.5, 0.6) is 0 Å². The van der Waals surface area contributed by atoms with Crippen molar-refractivity contribution in [1.82, 2.24) is 15.1 Å². The van der Waals surface area contributed by atoms with Gasteiger partial charge in [0.25, 0.3) is 0 Å². The summed E-state index contributed by atoms with van der Waals surface area (Å²) in [6.45, 7) is 4.90. The molecule has 1 N–H and O–H groups in total. The highest BCUT2D eigenvalue weighted by molar-refractivity contribution is 5.82. The molecule has 25 heavy (non-hydrogen) atoms. The zero-order chi connectivity index (χ0) is 17.1. The summed E-state index contributed by atoms with van der Waals surface area (Å²) < 4.78 is 0. The van der Waals surface area contributed by atoms with E-state index in [2.05, 4.69) is 45.4 Å². The lowest BCUT2D eigenvalue weighted by Crippen LogP contribution is -2.53. The van der Waals surface area contributed by atoms with Gasteiger partial charge in [-0.1, -0.05) is 43.2 Å². The van der Waals surface area contributed by atoms with Gasteiger partial charge in [-0.25, -0.2) is 0 Å². The summed E-state index contributed by atoms with van der Waals surface area (Å²) in [5.41, 5.74) is 1.40. The van der Waals surface area contributed by atoms with Crippen molar-refractivity contribution in [2.24, 2.45) is 5.92 Å². The van der Waals surface area contributed by atoms with Crippen LogP contribution in [0.1, 0.15) is 37.7 Å². The van der Waals surface area contributed by atoms with E-state index in [0.29, 0.717) is 11.9 Å². The highest BCUT2D eigenvalue weighted by atomic mass is 16.2. The van der Waals surface area contributed by atoms with Crippen LogP contribution in [0.25, 0.3) is 0 Å². The van der Waals surface area contributed by atoms with Crippen molar-refractivity contribution >= 4 is 5.91 Å². The Morgan fingerprint density at radius 2 is 1.80 bits per heavy atom. The van der Waals surface area contributed by atoms with E-state index in [-0.39, 0.29) is 6.04 Å². The Balaban J connectivity index is 1.22. The minimum atomic E-state index is 0.0870. The fourth-order valence-corrected chi connectivity index (χ4v) is 4.85. The lowest BCUT2D eigenvalue weighted by atomic mass is 9.85. The summed E-state index contributed by atoms with van der Waals surface area (Å²) in [4.78, 5) is 17.5. The van der Waals surface area contributed by atoms with E-state index in [1.807, 2.05) is 0 Å². The summed E-state index contributed by atoms with van der Waals surface area (Å²) in [7, 11) is 0. The molecular weight excluding hydrogens is 310 g/mol. The predicted molar refractivity (Wildman–Crippen MR) is 100 cm³/mol. The van der Waals surface area contributed by atoms with Crippen LogP contribution in [0.4, 0.5) is 0 Å². The minimum absolute atomic E-state index is 0.0870. The molecule has 0 spiro atoms. The molecule has 4 heteroatoms. The molecule has 2 saturated heterocycles. The number of carbonyl (C=O) groups excluding carboxylic acids is 1. The first-order valence-corrected chi connectivity index (χ1v) is 10.1. The monoisotopic (exact) mass is 341 g/mol. The second-order valence-corrected chi connectivity index (χ2v) is 8.01. The van der Waals surface area contributed by atoms with Gasteiger partial charge >= 0.3 is 0 Å². The first-order chi connectivity index (χ1) is 12.3. The van der Waals surface area contributed by atoms with Crippen LogP contribution in [0.2, 0.25) is 0 Å². The van der Waals surface area contributed by atoms with Gasteiger partial charge in [-0.05, 0) is 37.2 Å². The van der Waals surface area contributed by atoms with Crippen molar-refractivity contribution in [3.05, 3.63) is 35.9 Å². The molecule has 1 aliphatic carbocycles. The number of amides is 1. The Morgan fingerprint density at radius 3 is 2.56 bits per heavy atom. The van der Waals surface area contributed by atoms with Crippen LogP contribution in [0, 0.1) is 5.92 Å². The maximum absolute atomic E-state index is 12.9. The van der Waals surface area contributed by atoms with Crippen molar-refractivity contribution in [1.29, 1.82) is 0 Å². The smallest absolute Gasteiger partial charge is 0.239 e. The number of fused-ring (bicyclic) bond motifs is 1. The van der Waals surface area contributed by atoms with Gasteiger partial charge in [0.1, 0.15) is 0 Å². The number of rotatable bonds is 4. The molecule has 4 nitrogen and oxygen atoms in total. The molecule has 136 valence electrons. The third-order valence-electron chi connectivity index (χ3n) is 6.40. The van der Waals surface area contributed by atoms with Gasteiger partial charge in [0.2, 0.25) is 5.91 Å². The molecule has 3 fully saturated rings. The van der Waals surface area contributed by atoms with E-state index in [1.165, 1.54) is 31.2 Å². The number of hydrogen-bond donors (Lipinski definition) is 1. The highest BCUT2D eigenvalue weighted by Crippen LogP contribution is 2.33. The Labute approximate surface area is 151 Å². The van der Waals surface area contributed by atoms with Crippen LogP contribution in [-0.2, 0) is 11.2 Å². The third-order valence-corrected chi connectivity index (χ3v) is 6.40. The van der Waals surface area contributed by atoms with Crippen molar-refractivity contribution in [3.63, 3.8) is 0 Å². The van der Waals surface area contributed by atoms with E-state index in [4.69, 9.17) is 0 Å². The highest BCUT2D eigenvalue weighted by Gasteiger charge is 2.40. The van der Waals surface area contributed by atoms with Gasteiger partial charge in [0, 0.05) is 38.8 Å². The molecule has 0 aromatic heterocycles. The quantitative estimate of drug-likeness (QED) is 0.913. The normalized spacial score (nSPS) is 30.2. The molecule has 1 aromatic carbocycles. The van der Waals surface area contributed by atoms with E-state index in [1.54, 1.807) is 0 Å². The van der Waals surface area contributed by atoms with E-state index < -0.39 is 0 Å². The second kappa shape index (κ2) is 7.88. The van der Waals surface area contributed by atoms with Crippen molar-refractivity contribution < 1.29 is 4.79 Å². The Hall–Kier alpha value is -1.39. The van der Waals surface area contributed by atoms with Crippen LogP contribution >= 0.6 is 0 Å². The number of hydrogen-bond acceptors (Lipinski definition) is 3. The lowest BCUT2D eigenvalue weighted by molar-refractivity contribution is -0.134. The minimum Gasteiger partial charge on any atom is -0.339 e. The average molecular weight is 341 g/mol. The Morgan fingerprint density at radius 1 is 1.04 bits per heavy atom. The van der Waals surface area contributed by atoms with Gasteiger partial charge in [-0.15, -0.1) is 0 Å². The summed E-state index contributed by atoms with van der Waals surface area (Å²) >= 11 is 0. The molecule has 2 heterocycles. The fraction of sp³-hybridized carbons (Fsp3) is 0.667.